The molecular formula is C22H23N3OS. The Hall–Kier alpha value is -2.50. The van der Waals surface area contributed by atoms with Crippen LogP contribution >= 0.6 is 11.3 Å². The number of aromatic nitrogens is 1. The fourth-order valence-corrected chi connectivity index (χ4v) is 4.30. The molecule has 1 saturated heterocycles. The molecule has 0 aliphatic carbocycles. The van der Waals surface area contributed by atoms with Gasteiger partial charge in [0, 0.05) is 31.8 Å². The summed E-state index contributed by atoms with van der Waals surface area (Å²) in [5, 5.41) is 4.00. The molecule has 1 amide bonds. The van der Waals surface area contributed by atoms with Crippen molar-refractivity contribution in [1.82, 2.24) is 15.2 Å². The van der Waals surface area contributed by atoms with Crippen LogP contribution in [0.1, 0.15) is 23.4 Å². The van der Waals surface area contributed by atoms with Gasteiger partial charge in [0.2, 0.25) is 5.91 Å². The van der Waals surface area contributed by atoms with E-state index in [0.717, 1.165) is 47.7 Å². The van der Waals surface area contributed by atoms with E-state index in [4.69, 9.17) is 0 Å². The van der Waals surface area contributed by atoms with Crippen LogP contribution in [0.25, 0.3) is 16.3 Å². The summed E-state index contributed by atoms with van der Waals surface area (Å²) in [6, 6.07) is 18.8. The third kappa shape index (κ3) is 4.81. The number of nitrogens with zero attached hydrogens (tertiary/aromatic N) is 2. The van der Waals surface area contributed by atoms with Crippen molar-refractivity contribution in [2.45, 2.75) is 25.4 Å². The van der Waals surface area contributed by atoms with Gasteiger partial charge in [0.25, 0.3) is 0 Å². The van der Waals surface area contributed by atoms with Crippen molar-refractivity contribution in [3.8, 4) is 0 Å². The minimum Gasteiger partial charge on any atom is -0.350 e. The van der Waals surface area contributed by atoms with Crippen molar-refractivity contribution < 1.29 is 4.79 Å². The number of likely N-dealkylation sites (tertiary alicyclic amines) is 1. The molecule has 4 rings (SSSR count). The van der Waals surface area contributed by atoms with E-state index in [2.05, 4.69) is 39.5 Å². The topological polar surface area (TPSA) is 45.2 Å². The molecule has 4 nitrogen and oxygen atoms in total. The Morgan fingerprint density at radius 2 is 1.85 bits per heavy atom. The van der Waals surface area contributed by atoms with Crippen LogP contribution in [0.2, 0.25) is 0 Å². The Morgan fingerprint density at radius 3 is 2.63 bits per heavy atom. The van der Waals surface area contributed by atoms with Crippen LogP contribution in [-0.2, 0) is 11.3 Å². The van der Waals surface area contributed by atoms with Crippen LogP contribution in [0.5, 0.6) is 0 Å². The lowest BCUT2D eigenvalue weighted by molar-refractivity contribution is -0.117. The number of carbonyl (C=O) groups is 1. The summed E-state index contributed by atoms with van der Waals surface area (Å²) in [4.78, 5) is 19.2. The highest BCUT2D eigenvalue weighted by atomic mass is 32.1. The highest BCUT2D eigenvalue weighted by Gasteiger charge is 2.20. The normalized spacial score (nSPS) is 16.1. The van der Waals surface area contributed by atoms with Crippen molar-refractivity contribution in [2.24, 2.45) is 0 Å². The maximum atomic E-state index is 12.2. The van der Waals surface area contributed by atoms with E-state index in [1.807, 2.05) is 36.4 Å². The van der Waals surface area contributed by atoms with Crippen molar-refractivity contribution in [3.05, 3.63) is 71.2 Å². The number of thiazole rings is 1. The number of benzene rings is 2. The zero-order valence-electron chi connectivity index (χ0n) is 15.2. The minimum absolute atomic E-state index is 0.0317. The second kappa shape index (κ2) is 8.46. The highest BCUT2D eigenvalue weighted by molar-refractivity contribution is 7.19. The maximum absolute atomic E-state index is 12.2. The van der Waals surface area contributed by atoms with E-state index in [-0.39, 0.29) is 11.9 Å². The average molecular weight is 378 g/mol. The number of nitrogens with one attached hydrogen (secondary N) is 1. The van der Waals surface area contributed by atoms with Gasteiger partial charge >= 0.3 is 0 Å². The Balaban J connectivity index is 1.25. The zero-order chi connectivity index (χ0) is 18.5. The third-order valence-electron chi connectivity index (χ3n) is 4.87. The standard InChI is InChI=1S/C22H23N3OS/c26-21(10-11-22-24-19-8-4-5-9-20(19)27-22)23-18-12-14-25(15-13-18)16-17-6-2-1-3-7-17/h1-11,18H,12-16H2,(H,23,26)/b11-10+. The van der Waals surface area contributed by atoms with Crippen LogP contribution in [0.15, 0.2) is 60.7 Å². The lowest BCUT2D eigenvalue weighted by Gasteiger charge is -2.32. The predicted molar refractivity (Wildman–Crippen MR) is 112 cm³/mol. The van der Waals surface area contributed by atoms with Crippen LogP contribution in [0.4, 0.5) is 0 Å². The van der Waals surface area contributed by atoms with Gasteiger partial charge in [-0.2, -0.15) is 0 Å². The van der Waals surface area contributed by atoms with Crippen LogP contribution in [0, 0.1) is 0 Å². The van der Waals surface area contributed by atoms with Gasteiger partial charge in [0.05, 0.1) is 10.2 Å². The quantitative estimate of drug-likeness (QED) is 0.681. The maximum Gasteiger partial charge on any atom is 0.244 e. The van der Waals surface area contributed by atoms with Crippen molar-refractivity contribution in [1.29, 1.82) is 0 Å². The monoisotopic (exact) mass is 377 g/mol. The van der Waals surface area contributed by atoms with Crippen LogP contribution in [-0.4, -0.2) is 34.9 Å². The summed E-state index contributed by atoms with van der Waals surface area (Å²) in [5.74, 6) is -0.0317. The molecule has 1 N–H and O–H groups in total. The molecular weight excluding hydrogens is 354 g/mol. The molecule has 0 saturated carbocycles. The Kier molecular flexibility index (Phi) is 5.61. The molecule has 0 unspecified atom stereocenters. The molecule has 0 spiro atoms. The SMILES string of the molecule is O=C(/C=C/c1nc2ccccc2s1)NC1CCN(Cc2ccccc2)CC1. The zero-order valence-corrected chi connectivity index (χ0v) is 16.0. The molecule has 138 valence electrons. The number of piperidine rings is 1. The van der Waals surface area contributed by atoms with E-state index in [1.165, 1.54) is 5.56 Å². The van der Waals surface area contributed by atoms with Crippen molar-refractivity contribution in [3.63, 3.8) is 0 Å². The molecule has 1 aliphatic heterocycles. The number of hydrogen-bond donors (Lipinski definition) is 1. The van der Waals surface area contributed by atoms with Gasteiger partial charge in [0.15, 0.2) is 0 Å². The second-order valence-corrected chi connectivity index (χ2v) is 7.96. The first-order chi connectivity index (χ1) is 13.3. The largest absolute Gasteiger partial charge is 0.350 e. The van der Waals surface area contributed by atoms with Gasteiger partial charge in [-0.25, -0.2) is 4.98 Å². The molecule has 1 aliphatic rings. The molecule has 3 aromatic rings. The van der Waals surface area contributed by atoms with Gasteiger partial charge < -0.3 is 5.32 Å². The summed E-state index contributed by atoms with van der Waals surface area (Å²) in [7, 11) is 0. The molecule has 1 fully saturated rings. The minimum atomic E-state index is -0.0317. The molecule has 0 atom stereocenters. The van der Waals surface area contributed by atoms with E-state index < -0.39 is 0 Å². The number of hydrogen-bond acceptors (Lipinski definition) is 4. The first-order valence-electron chi connectivity index (χ1n) is 9.37. The number of rotatable bonds is 5. The molecule has 5 heteroatoms. The first-order valence-corrected chi connectivity index (χ1v) is 10.2. The van der Waals surface area contributed by atoms with Crippen LogP contribution < -0.4 is 5.32 Å². The average Bonchev–Trinajstić information content (AvgIpc) is 3.12. The molecule has 2 heterocycles. The van der Waals surface area contributed by atoms with Gasteiger partial charge in [-0.3, -0.25) is 9.69 Å². The summed E-state index contributed by atoms with van der Waals surface area (Å²) in [6.07, 6.45) is 5.40. The van der Waals surface area contributed by atoms with Crippen LogP contribution in [0.3, 0.4) is 0 Å². The molecule has 1 aromatic heterocycles. The molecule has 27 heavy (non-hydrogen) atoms. The van der Waals surface area contributed by atoms with Gasteiger partial charge in [-0.05, 0) is 36.6 Å². The molecule has 0 radical (unpaired) electrons. The van der Waals surface area contributed by atoms with Gasteiger partial charge in [-0.15, -0.1) is 11.3 Å². The lowest BCUT2D eigenvalue weighted by atomic mass is 10.0. The molecule has 2 aromatic carbocycles. The number of para-hydroxylation sites is 1. The highest BCUT2D eigenvalue weighted by Crippen LogP contribution is 2.22. The molecule has 0 bridgehead atoms. The summed E-state index contributed by atoms with van der Waals surface area (Å²) in [5.41, 5.74) is 2.33. The third-order valence-corrected chi connectivity index (χ3v) is 5.87. The second-order valence-electron chi connectivity index (χ2n) is 6.90. The lowest BCUT2D eigenvalue weighted by Crippen LogP contribution is -2.43. The fraction of sp³-hybridized carbons (Fsp3) is 0.273. The van der Waals surface area contributed by atoms with Crippen molar-refractivity contribution >= 4 is 33.5 Å². The van der Waals surface area contributed by atoms with Gasteiger partial charge in [0.1, 0.15) is 5.01 Å². The van der Waals surface area contributed by atoms with E-state index in [1.54, 1.807) is 17.4 Å². The summed E-state index contributed by atoms with van der Waals surface area (Å²) < 4.78 is 1.14. The Labute approximate surface area is 163 Å². The number of fused-ring (bicyclic) bond motifs is 1. The Bertz CT molecular complexity index is 894. The van der Waals surface area contributed by atoms with Crippen molar-refractivity contribution in [2.75, 3.05) is 13.1 Å². The van der Waals surface area contributed by atoms with E-state index in [9.17, 15) is 4.79 Å². The number of amides is 1. The smallest absolute Gasteiger partial charge is 0.244 e. The first kappa shape index (κ1) is 17.9. The summed E-state index contributed by atoms with van der Waals surface area (Å²) >= 11 is 1.60. The Morgan fingerprint density at radius 1 is 1.11 bits per heavy atom. The van der Waals surface area contributed by atoms with E-state index in [0.29, 0.717) is 0 Å². The summed E-state index contributed by atoms with van der Waals surface area (Å²) in [6.45, 7) is 3.02. The predicted octanol–water partition coefficient (Wildman–Crippen LogP) is 4.09. The van der Waals surface area contributed by atoms with Gasteiger partial charge in [-0.1, -0.05) is 42.5 Å². The van der Waals surface area contributed by atoms with E-state index >= 15 is 0 Å². The number of carbonyl (C=O) groups excluding carboxylic acids is 1. The fourth-order valence-electron chi connectivity index (χ4n) is 3.43.